The van der Waals surface area contributed by atoms with Crippen molar-refractivity contribution in [3.05, 3.63) is 17.8 Å². The molecule has 14 heavy (non-hydrogen) atoms. The second-order valence-electron chi connectivity index (χ2n) is 2.57. The van der Waals surface area contributed by atoms with Crippen LogP contribution in [0.15, 0.2) is 17.3 Å². The van der Waals surface area contributed by atoms with Gasteiger partial charge >= 0.3 is 0 Å². The maximum atomic E-state index is 8.59. The minimum Gasteiger partial charge on any atom is -0.397 e. The summed E-state index contributed by atoms with van der Waals surface area (Å²) in [5, 5.41) is 9.35. The van der Waals surface area contributed by atoms with Crippen LogP contribution in [0, 0.1) is 11.3 Å². The quantitative estimate of drug-likeness (QED) is 0.597. The Labute approximate surface area is 87.1 Å². The second-order valence-corrected chi connectivity index (χ2v) is 3.66. The van der Waals surface area contributed by atoms with Crippen molar-refractivity contribution in [1.82, 2.24) is 4.98 Å². The van der Waals surface area contributed by atoms with Gasteiger partial charge in [0.25, 0.3) is 0 Å². The van der Waals surface area contributed by atoms with Crippen LogP contribution >= 0.6 is 11.8 Å². The first-order valence-corrected chi connectivity index (χ1v) is 5.04. The molecular formula is C9H11N3OS. The number of methoxy groups -OCH3 is 1. The third kappa shape index (κ3) is 2.91. The summed E-state index contributed by atoms with van der Waals surface area (Å²) in [6, 6.07) is 3.61. The lowest BCUT2D eigenvalue weighted by atomic mass is 10.3. The largest absolute Gasteiger partial charge is 0.397 e. The van der Waals surface area contributed by atoms with Crippen LogP contribution in [0.2, 0.25) is 0 Å². The molecule has 0 atom stereocenters. The van der Waals surface area contributed by atoms with E-state index in [1.807, 2.05) is 6.07 Å². The van der Waals surface area contributed by atoms with E-state index < -0.39 is 0 Å². The summed E-state index contributed by atoms with van der Waals surface area (Å²) in [5.74, 6) is 0.805. The number of nitrogen functional groups attached to an aromatic ring is 1. The Kier molecular flexibility index (Phi) is 4.23. The first kappa shape index (κ1) is 10.8. The molecule has 0 saturated heterocycles. The normalized spacial score (nSPS) is 9.71. The number of nitrogens with zero attached hydrogens (tertiary/aromatic N) is 2. The molecule has 5 heteroatoms. The maximum Gasteiger partial charge on any atom is 0.119 e. The monoisotopic (exact) mass is 209 g/mol. The van der Waals surface area contributed by atoms with Gasteiger partial charge in [-0.05, 0) is 6.07 Å². The summed E-state index contributed by atoms with van der Waals surface area (Å²) >= 11 is 1.52. The van der Waals surface area contributed by atoms with Gasteiger partial charge in [-0.15, -0.1) is 11.8 Å². The van der Waals surface area contributed by atoms with Crippen LogP contribution in [0.5, 0.6) is 0 Å². The number of nitriles is 1. The Morgan fingerprint density at radius 2 is 2.50 bits per heavy atom. The molecule has 2 N–H and O–H groups in total. The third-order valence-electron chi connectivity index (χ3n) is 1.53. The molecule has 0 aliphatic heterocycles. The van der Waals surface area contributed by atoms with Gasteiger partial charge in [-0.1, -0.05) is 0 Å². The lowest BCUT2D eigenvalue weighted by Gasteiger charge is -2.03. The van der Waals surface area contributed by atoms with Crippen molar-refractivity contribution in [2.75, 3.05) is 25.2 Å². The highest BCUT2D eigenvalue weighted by Gasteiger charge is 2.02. The molecular weight excluding hydrogens is 198 g/mol. The molecule has 0 saturated carbocycles. The molecule has 1 aromatic heterocycles. The van der Waals surface area contributed by atoms with Crippen molar-refractivity contribution in [2.45, 2.75) is 5.03 Å². The SMILES string of the molecule is COCCSc1ncc(C#N)cc1N. The average Bonchev–Trinajstić information content (AvgIpc) is 2.20. The van der Waals surface area contributed by atoms with E-state index in [1.54, 1.807) is 13.2 Å². The zero-order chi connectivity index (χ0) is 10.4. The van der Waals surface area contributed by atoms with Crippen LogP contribution in [-0.2, 0) is 4.74 Å². The molecule has 0 amide bonds. The Balaban J connectivity index is 2.65. The van der Waals surface area contributed by atoms with Crippen molar-refractivity contribution in [3.8, 4) is 6.07 Å². The van der Waals surface area contributed by atoms with E-state index in [9.17, 15) is 0 Å². The predicted octanol–water partition coefficient (Wildman–Crippen LogP) is 1.27. The van der Waals surface area contributed by atoms with Crippen molar-refractivity contribution >= 4 is 17.4 Å². The number of anilines is 1. The molecule has 0 aliphatic carbocycles. The number of nitrogens with two attached hydrogens (primary N) is 1. The molecule has 4 nitrogen and oxygen atoms in total. The van der Waals surface area contributed by atoms with Crippen LogP contribution in [-0.4, -0.2) is 24.5 Å². The maximum absolute atomic E-state index is 8.59. The Hall–Kier alpha value is -1.25. The van der Waals surface area contributed by atoms with Gasteiger partial charge in [0, 0.05) is 19.1 Å². The number of hydrogen-bond donors (Lipinski definition) is 1. The minimum atomic E-state index is 0.485. The van der Waals surface area contributed by atoms with E-state index in [0.717, 1.165) is 10.8 Å². The summed E-state index contributed by atoms with van der Waals surface area (Å²) in [5.41, 5.74) is 6.74. The van der Waals surface area contributed by atoms with E-state index in [4.69, 9.17) is 15.7 Å². The van der Waals surface area contributed by atoms with E-state index >= 15 is 0 Å². The summed E-state index contributed by atoms with van der Waals surface area (Å²) < 4.78 is 4.91. The van der Waals surface area contributed by atoms with Gasteiger partial charge in [0.15, 0.2) is 0 Å². The van der Waals surface area contributed by atoms with Gasteiger partial charge in [0.2, 0.25) is 0 Å². The topological polar surface area (TPSA) is 71.9 Å². The summed E-state index contributed by atoms with van der Waals surface area (Å²) in [6.45, 7) is 0.659. The van der Waals surface area contributed by atoms with Gasteiger partial charge in [0.1, 0.15) is 11.1 Å². The minimum absolute atomic E-state index is 0.485. The van der Waals surface area contributed by atoms with Crippen molar-refractivity contribution in [1.29, 1.82) is 5.26 Å². The lowest BCUT2D eigenvalue weighted by molar-refractivity contribution is 0.218. The molecule has 0 aromatic carbocycles. The van der Waals surface area contributed by atoms with Crippen molar-refractivity contribution in [3.63, 3.8) is 0 Å². The van der Waals surface area contributed by atoms with Crippen LogP contribution in [0.3, 0.4) is 0 Å². The number of pyridine rings is 1. The van der Waals surface area contributed by atoms with Crippen LogP contribution in [0.1, 0.15) is 5.56 Å². The summed E-state index contributed by atoms with van der Waals surface area (Å²) in [6.07, 6.45) is 1.52. The molecule has 0 radical (unpaired) electrons. The fraction of sp³-hybridized carbons (Fsp3) is 0.333. The zero-order valence-electron chi connectivity index (χ0n) is 7.86. The zero-order valence-corrected chi connectivity index (χ0v) is 8.67. The van der Waals surface area contributed by atoms with Gasteiger partial charge in [-0.2, -0.15) is 5.26 Å². The molecule has 0 bridgehead atoms. The highest BCUT2D eigenvalue weighted by atomic mass is 32.2. The standard InChI is InChI=1S/C9H11N3OS/c1-13-2-3-14-9-8(11)4-7(5-10)6-12-9/h4,6H,2-3,11H2,1H3. The van der Waals surface area contributed by atoms with E-state index in [0.29, 0.717) is 17.9 Å². The molecule has 0 fully saturated rings. The van der Waals surface area contributed by atoms with Crippen molar-refractivity contribution < 1.29 is 4.74 Å². The molecule has 0 spiro atoms. The van der Waals surface area contributed by atoms with Crippen LogP contribution < -0.4 is 5.73 Å². The first-order chi connectivity index (χ1) is 6.77. The average molecular weight is 209 g/mol. The van der Waals surface area contributed by atoms with Gasteiger partial charge in [-0.3, -0.25) is 0 Å². The molecule has 1 rings (SSSR count). The Morgan fingerprint density at radius 3 is 3.07 bits per heavy atom. The van der Waals surface area contributed by atoms with Gasteiger partial charge < -0.3 is 10.5 Å². The lowest BCUT2D eigenvalue weighted by Crippen LogP contribution is -1.96. The van der Waals surface area contributed by atoms with E-state index in [2.05, 4.69) is 4.98 Å². The van der Waals surface area contributed by atoms with Gasteiger partial charge in [-0.25, -0.2) is 4.98 Å². The van der Waals surface area contributed by atoms with Crippen molar-refractivity contribution in [2.24, 2.45) is 0 Å². The number of hydrogen-bond acceptors (Lipinski definition) is 5. The number of thioether (sulfide) groups is 1. The molecule has 74 valence electrons. The number of rotatable bonds is 4. The Morgan fingerprint density at radius 1 is 1.71 bits per heavy atom. The first-order valence-electron chi connectivity index (χ1n) is 4.05. The predicted molar refractivity (Wildman–Crippen MR) is 56.0 cm³/mol. The molecule has 1 heterocycles. The van der Waals surface area contributed by atoms with E-state index in [-0.39, 0.29) is 0 Å². The third-order valence-corrected chi connectivity index (χ3v) is 2.52. The summed E-state index contributed by atoms with van der Waals surface area (Å²) in [7, 11) is 1.65. The molecule has 1 aromatic rings. The molecule has 0 unspecified atom stereocenters. The molecule has 0 aliphatic rings. The number of aromatic nitrogens is 1. The second kappa shape index (κ2) is 5.47. The van der Waals surface area contributed by atoms with Gasteiger partial charge in [0.05, 0.1) is 17.9 Å². The Bertz CT molecular complexity index is 348. The highest BCUT2D eigenvalue weighted by Crippen LogP contribution is 2.22. The fourth-order valence-corrected chi connectivity index (χ4v) is 1.67. The fourth-order valence-electron chi connectivity index (χ4n) is 0.873. The highest BCUT2D eigenvalue weighted by molar-refractivity contribution is 7.99. The van der Waals surface area contributed by atoms with E-state index in [1.165, 1.54) is 18.0 Å². The van der Waals surface area contributed by atoms with Crippen LogP contribution in [0.25, 0.3) is 0 Å². The number of ether oxygens (including phenoxy) is 1. The summed E-state index contributed by atoms with van der Waals surface area (Å²) in [4.78, 5) is 4.08. The van der Waals surface area contributed by atoms with Crippen LogP contribution in [0.4, 0.5) is 5.69 Å². The smallest absolute Gasteiger partial charge is 0.119 e.